The number of aromatic hydroxyl groups is 1. The molecular weight excluding hydrogens is 502 g/mol. The number of carbonyl (C=O) groups is 5. The lowest BCUT2D eigenvalue weighted by Gasteiger charge is -2.25. The van der Waals surface area contributed by atoms with Gasteiger partial charge in [0.05, 0.1) is 12.1 Å². The first-order valence-corrected chi connectivity index (χ1v) is 12.1. The molecule has 0 aliphatic rings. The van der Waals surface area contributed by atoms with Gasteiger partial charge >= 0.3 is 11.9 Å². The number of carbonyl (C=O) groups excluding carboxylic acids is 3. The van der Waals surface area contributed by atoms with Crippen LogP contribution in [-0.2, 0) is 30.4 Å². The number of unbranched alkanes of at least 4 members (excludes halogenated alkanes) is 1. The minimum Gasteiger partial charge on any atom is -0.508 e. The molecule has 0 saturated heterocycles. The number of nitrogens with one attached hydrogen (secondary N) is 3. The van der Waals surface area contributed by atoms with Crippen molar-refractivity contribution in [2.75, 3.05) is 6.54 Å². The fraction of sp³-hybridized carbons (Fsp3) is 0.542. The highest BCUT2D eigenvalue weighted by molar-refractivity contribution is 5.94. The first-order valence-electron chi connectivity index (χ1n) is 12.1. The van der Waals surface area contributed by atoms with Crippen molar-refractivity contribution in [3.05, 3.63) is 29.8 Å². The number of hydrogen-bond donors (Lipinski definition) is 9. The number of hydrogen-bond acceptors (Lipinski definition) is 9. The van der Waals surface area contributed by atoms with Crippen molar-refractivity contribution >= 4 is 29.7 Å². The molecule has 11 N–H and O–H groups in total. The molecule has 1 aromatic carbocycles. The maximum Gasteiger partial charge on any atom is 0.328 e. The van der Waals surface area contributed by atoms with E-state index in [0.717, 1.165) is 6.92 Å². The van der Waals surface area contributed by atoms with Gasteiger partial charge in [-0.2, -0.15) is 0 Å². The van der Waals surface area contributed by atoms with Crippen LogP contribution in [0.5, 0.6) is 5.75 Å². The van der Waals surface area contributed by atoms with Crippen LogP contribution in [0.3, 0.4) is 0 Å². The van der Waals surface area contributed by atoms with Crippen molar-refractivity contribution in [3.8, 4) is 5.75 Å². The monoisotopic (exact) mass is 539 g/mol. The average Bonchev–Trinajstić information content (AvgIpc) is 2.85. The molecule has 0 aromatic heterocycles. The molecule has 0 bridgehead atoms. The summed E-state index contributed by atoms with van der Waals surface area (Å²) in [4.78, 5) is 61.1. The van der Waals surface area contributed by atoms with Crippen LogP contribution in [0.15, 0.2) is 24.3 Å². The Labute approximate surface area is 219 Å². The van der Waals surface area contributed by atoms with Gasteiger partial charge in [0.2, 0.25) is 17.7 Å². The lowest BCUT2D eigenvalue weighted by atomic mass is 10.0. The van der Waals surface area contributed by atoms with Crippen molar-refractivity contribution in [3.63, 3.8) is 0 Å². The number of aliphatic hydroxyl groups excluding tert-OH is 1. The van der Waals surface area contributed by atoms with Crippen LogP contribution in [0.25, 0.3) is 0 Å². The summed E-state index contributed by atoms with van der Waals surface area (Å²) >= 11 is 0. The molecule has 0 heterocycles. The highest BCUT2D eigenvalue weighted by Crippen LogP contribution is 2.12. The maximum absolute atomic E-state index is 13.2. The zero-order chi connectivity index (χ0) is 28.8. The average molecular weight is 540 g/mol. The Hall–Kier alpha value is -3.75. The van der Waals surface area contributed by atoms with Gasteiger partial charge in [-0.25, -0.2) is 4.79 Å². The van der Waals surface area contributed by atoms with E-state index in [1.807, 2.05) is 0 Å². The van der Waals surface area contributed by atoms with Crippen LogP contribution < -0.4 is 27.4 Å². The molecule has 0 radical (unpaired) electrons. The minimum atomic E-state index is -1.70. The summed E-state index contributed by atoms with van der Waals surface area (Å²) in [5, 5.41) is 44.5. The number of phenolic OH excluding ortho intramolecular Hbond substituents is 1. The standard InChI is InChI=1S/C24H37N5O9/c1-13(30)20(24(37)38)29-22(35)17(9-10-19(32)33)27-23(36)18(12-14-5-7-15(31)8-6-14)28-21(34)16(26)4-2-3-11-25/h5-8,13,16-18,20,30-31H,2-4,9-12,25-26H2,1H3,(H,27,36)(H,28,34)(H,29,35)(H,32,33)(H,37,38). The van der Waals surface area contributed by atoms with Gasteiger partial charge in [0, 0.05) is 12.8 Å². The topological polar surface area (TPSA) is 254 Å². The third-order valence-corrected chi connectivity index (χ3v) is 5.64. The third-order valence-electron chi connectivity index (χ3n) is 5.64. The molecule has 0 saturated carbocycles. The lowest BCUT2D eigenvalue weighted by molar-refractivity contribution is -0.145. The molecule has 14 heteroatoms. The van der Waals surface area contributed by atoms with Crippen LogP contribution in [0.2, 0.25) is 0 Å². The van der Waals surface area contributed by atoms with Crippen LogP contribution in [0, 0.1) is 0 Å². The molecule has 0 fully saturated rings. The van der Waals surface area contributed by atoms with E-state index in [2.05, 4.69) is 16.0 Å². The summed E-state index contributed by atoms with van der Waals surface area (Å²) in [6.07, 6.45) is -0.908. The van der Waals surface area contributed by atoms with Gasteiger partial charge in [-0.1, -0.05) is 18.6 Å². The van der Waals surface area contributed by atoms with Crippen LogP contribution in [-0.4, -0.2) is 86.9 Å². The summed E-state index contributed by atoms with van der Waals surface area (Å²) in [7, 11) is 0. The third kappa shape index (κ3) is 11.5. The number of nitrogens with two attached hydrogens (primary N) is 2. The summed E-state index contributed by atoms with van der Waals surface area (Å²) in [5.74, 6) is -5.32. The Morgan fingerprint density at radius 1 is 0.868 bits per heavy atom. The first kappa shape index (κ1) is 32.3. The van der Waals surface area contributed by atoms with E-state index in [-0.39, 0.29) is 12.2 Å². The SMILES string of the molecule is CC(O)C(NC(=O)C(CCC(=O)O)NC(=O)C(Cc1ccc(O)cc1)NC(=O)C(N)CCCCN)C(=O)O. The Balaban J connectivity index is 3.13. The Bertz CT molecular complexity index is 955. The largest absolute Gasteiger partial charge is 0.508 e. The van der Waals surface area contributed by atoms with Crippen molar-refractivity contribution in [2.24, 2.45) is 11.5 Å². The van der Waals surface area contributed by atoms with Crippen molar-refractivity contribution in [1.82, 2.24) is 16.0 Å². The molecule has 1 aromatic rings. The minimum absolute atomic E-state index is 0.0165. The fourth-order valence-corrected chi connectivity index (χ4v) is 3.45. The summed E-state index contributed by atoms with van der Waals surface area (Å²) in [6.45, 7) is 1.57. The zero-order valence-corrected chi connectivity index (χ0v) is 21.1. The predicted molar refractivity (Wildman–Crippen MR) is 135 cm³/mol. The number of phenols is 1. The summed E-state index contributed by atoms with van der Waals surface area (Å²) < 4.78 is 0. The van der Waals surface area contributed by atoms with E-state index >= 15 is 0 Å². The highest BCUT2D eigenvalue weighted by atomic mass is 16.4. The van der Waals surface area contributed by atoms with Gasteiger partial charge in [0.25, 0.3) is 0 Å². The Morgan fingerprint density at radius 3 is 1.97 bits per heavy atom. The van der Waals surface area contributed by atoms with Gasteiger partial charge in [-0.15, -0.1) is 0 Å². The van der Waals surface area contributed by atoms with Crippen molar-refractivity contribution in [2.45, 2.75) is 75.7 Å². The molecule has 14 nitrogen and oxygen atoms in total. The molecule has 5 atom stereocenters. The number of carboxylic acids is 2. The number of aliphatic hydroxyl groups is 1. The van der Waals surface area contributed by atoms with E-state index in [1.165, 1.54) is 24.3 Å². The molecule has 212 valence electrons. The molecule has 5 unspecified atom stereocenters. The molecule has 0 spiro atoms. The molecule has 3 amide bonds. The second kappa shape index (κ2) is 16.2. The predicted octanol–water partition coefficient (Wildman–Crippen LogP) is -1.82. The number of rotatable bonds is 17. The molecule has 38 heavy (non-hydrogen) atoms. The molecule has 0 aliphatic carbocycles. The second-order valence-corrected chi connectivity index (χ2v) is 8.88. The smallest absolute Gasteiger partial charge is 0.328 e. The Kier molecular flexibility index (Phi) is 13.7. The van der Waals surface area contributed by atoms with Crippen LogP contribution >= 0.6 is 0 Å². The number of amides is 3. The van der Waals surface area contributed by atoms with Gasteiger partial charge in [-0.3, -0.25) is 19.2 Å². The van der Waals surface area contributed by atoms with Gasteiger partial charge in [-0.05, 0) is 50.4 Å². The lowest BCUT2D eigenvalue weighted by Crippen LogP contribution is -2.58. The van der Waals surface area contributed by atoms with E-state index in [0.29, 0.717) is 31.4 Å². The van der Waals surface area contributed by atoms with E-state index < -0.39 is 72.8 Å². The zero-order valence-electron chi connectivity index (χ0n) is 21.1. The Morgan fingerprint density at radius 2 is 1.45 bits per heavy atom. The summed E-state index contributed by atoms with van der Waals surface area (Å²) in [6, 6.07) is 0.438. The van der Waals surface area contributed by atoms with E-state index in [4.69, 9.17) is 16.6 Å². The highest BCUT2D eigenvalue weighted by Gasteiger charge is 2.32. The normalized spacial score (nSPS) is 14.8. The maximum atomic E-state index is 13.2. The fourth-order valence-electron chi connectivity index (χ4n) is 3.45. The molecular formula is C24H37N5O9. The number of benzene rings is 1. The van der Waals surface area contributed by atoms with Gasteiger partial charge in [0.15, 0.2) is 6.04 Å². The molecule has 0 aliphatic heterocycles. The molecule has 1 rings (SSSR count). The van der Waals surface area contributed by atoms with Gasteiger partial charge in [0.1, 0.15) is 17.8 Å². The van der Waals surface area contributed by atoms with Crippen molar-refractivity contribution < 1.29 is 44.4 Å². The quantitative estimate of drug-likeness (QED) is 0.0995. The number of carboxylic acid groups (broad SMARTS) is 2. The van der Waals surface area contributed by atoms with Crippen LogP contribution in [0.1, 0.15) is 44.6 Å². The second-order valence-electron chi connectivity index (χ2n) is 8.88. The van der Waals surface area contributed by atoms with Crippen molar-refractivity contribution in [1.29, 1.82) is 0 Å². The summed E-state index contributed by atoms with van der Waals surface area (Å²) in [5.41, 5.74) is 11.9. The van der Waals surface area contributed by atoms with E-state index in [1.54, 1.807) is 0 Å². The number of aliphatic carboxylic acids is 2. The van der Waals surface area contributed by atoms with E-state index in [9.17, 15) is 39.3 Å². The van der Waals surface area contributed by atoms with Gasteiger partial charge < -0.3 is 47.8 Å². The first-order chi connectivity index (χ1) is 17.8. The van der Waals surface area contributed by atoms with Crippen LogP contribution in [0.4, 0.5) is 0 Å².